The topological polar surface area (TPSA) is 156 Å². The molecule has 1 aromatic heterocycles. The van der Waals surface area contributed by atoms with Crippen LogP contribution in [0.25, 0.3) is 22.3 Å². The molecule has 0 bridgehead atoms. The van der Waals surface area contributed by atoms with Crippen molar-refractivity contribution in [3.63, 3.8) is 0 Å². The molecule has 0 spiro atoms. The molecule has 1 aliphatic heterocycles. The Morgan fingerprint density at radius 2 is 1.51 bits per heavy atom. The van der Waals surface area contributed by atoms with Crippen molar-refractivity contribution in [1.82, 2.24) is 0 Å². The Morgan fingerprint density at radius 1 is 0.805 bits per heavy atom. The second-order valence-corrected chi connectivity index (χ2v) is 8.91. The van der Waals surface area contributed by atoms with Gasteiger partial charge < -0.3 is 52.9 Å². The smallest absolute Gasteiger partial charge is 0.239 e. The number of fused-ring (bicyclic) bond motifs is 3. The number of methoxy groups -OCH3 is 5. The van der Waals surface area contributed by atoms with Crippen LogP contribution in [-0.4, -0.2) is 63.6 Å². The second-order valence-electron chi connectivity index (χ2n) is 8.91. The Labute approximate surface area is 233 Å². The molecular weight excluding hydrogens is 540 g/mol. The zero-order chi connectivity index (χ0) is 29.4. The van der Waals surface area contributed by atoms with Gasteiger partial charge in [-0.25, -0.2) is 0 Å². The van der Waals surface area contributed by atoms with Gasteiger partial charge >= 0.3 is 0 Å². The summed E-state index contributed by atoms with van der Waals surface area (Å²) in [7, 11) is 6.89. The zero-order valence-electron chi connectivity index (χ0n) is 22.8. The zero-order valence-corrected chi connectivity index (χ0v) is 22.8. The molecule has 5 rings (SSSR count). The van der Waals surface area contributed by atoms with E-state index in [1.54, 1.807) is 6.07 Å². The van der Waals surface area contributed by atoms with Crippen molar-refractivity contribution in [3.8, 4) is 63.1 Å². The van der Waals surface area contributed by atoms with Crippen LogP contribution in [0.2, 0.25) is 0 Å². The van der Waals surface area contributed by atoms with Crippen molar-refractivity contribution in [2.24, 2.45) is 0 Å². The summed E-state index contributed by atoms with van der Waals surface area (Å²) in [6, 6.07) is 8.71. The minimum atomic E-state index is -1.00. The van der Waals surface area contributed by atoms with E-state index in [2.05, 4.69) is 0 Å². The molecule has 4 aromatic rings. The molecule has 1 aliphatic rings. The van der Waals surface area contributed by atoms with Gasteiger partial charge in [0.25, 0.3) is 0 Å². The van der Waals surface area contributed by atoms with Gasteiger partial charge in [0.15, 0.2) is 40.8 Å². The van der Waals surface area contributed by atoms with Crippen molar-refractivity contribution in [2.75, 3.05) is 42.2 Å². The fourth-order valence-electron chi connectivity index (χ4n) is 4.89. The molecule has 0 radical (unpaired) electrons. The van der Waals surface area contributed by atoms with Crippen molar-refractivity contribution in [1.29, 1.82) is 0 Å². The van der Waals surface area contributed by atoms with Gasteiger partial charge in [-0.05, 0) is 30.3 Å². The van der Waals surface area contributed by atoms with Crippen LogP contribution in [0.1, 0.15) is 11.7 Å². The maximum Gasteiger partial charge on any atom is 0.239 e. The predicted molar refractivity (Wildman–Crippen MR) is 145 cm³/mol. The average Bonchev–Trinajstić information content (AvgIpc) is 2.99. The number of aromatic hydroxyl groups is 2. The van der Waals surface area contributed by atoms with Crippen molar-refractivity contribution in [3.05, 3.63) is 52.2 Å². The molecule has 12 heteroatoms. The van der Waals surface area contributed by atoms with E-state index >= 15 is 0 Å². The fourth-order valence-corrected chi connectivity index (χ4v) is 4.89. The van der Waals surface area contributed by atoms with Crippen LogP contribution < -0.4 is 38.6 Å². The summed E-state index contributed by atoms with van der Waals surface area (Å²) in [5.41, 5.74) is 0.00619. The number of aliphatic hydroxyl groups excluding tert-OH is 1. The maximum absolute atomic E-state index is 13.8. The van der Waals surface area contributed by atoms with Gasteiger partial charge in [-0.15, -0.1) is 0 Å². The largest absolute Gasteiger partial charge is 0.508 e. The predicted octanol–water partition coefficient (Wildman–Crippen LogP) is 3.79. The van der Waals surface area contributed by atoms with Crippen molar-refractivity contribution < 1.29 is 52.9 Å². The van der Waals surface area contributed by atoms with E-state index in [0.717, 1.165) is 0 Å². The van der Waals surface area contributed by atoms with E-state index in [1.807, 2.05) is 0 Å². The van der Waals surface area contributed by atoms with Gasteiger partial charge in [0.1, 0.15) is 22.6 Å². The lowest BCUT2D eigenvalue weighted by atomic mass is 10.00. The number of phenols is 2. The van der Waals surface area contributed by atoms with Gasteiger partial charge in [-0.2, -0.15) is 0 Å². The molecule has 0 saturated heterocycles. The Kier molecular flexibility index (Phi) is 7.33. The highest BCUT2D eigenvalue weighted by atomic mass is 16.6. The first kappa shape index (κ1) is 27.6. The molecule has 0 aliphatic carbocycles. The number of aliphatic hydroxyl groups is 1. The molecule has 41 heavy (non-hydrogen) atoms. The molecule has 12 nitrogen and oxygen atoms in total. The van der Waals surface area contributed by atoms with Gasteiger partial charge in [-0.1, -0.05) is 0 Å². The van der Waals surface area contributed by atoms with E-state index in [-0.39, 0.29) is 68.3 Å². The Hall–Kier alpha value is -4.97. The SMILES string of the molecule is COc1ccc(O)cc1-c1oc2c3c(cc(OC)c2c(=O)c1OC)O[C@@H](CO)[C@H](c1ccc(O)c(OC)c1OC)O3. The van der Waals surface area contributed by atoms with Gasteiger partial charge in [0.05, 0.1) is 47.7 Å². The fraction of sp³-hybridized carbons (Fsp3) is 0.276. The number of phenolic OH excluding ortho intramolecular Hbond substituents is 2. The van der Waals surface area contributed by atoms with Crippen LogP contribution in [0.5, 0.6) is 51.7 Å². The maximum atomic E-state index is 13.8. The minimum absolute atomic E-state index is 0.00557. The first-order valence-corrected chi connectivity index (χ1v) is 12.3. The first-order valence-electron chi connectivity index (χ1n) is 12.3. The Balaban J connectivity index is 1.81. The van der Waals surface area contributed by atoms with Crippen LogP contribution in [0.4, 0.5) is 0 Å². The number of ether oxygens (including phenoxy) is 7. The first-order chi connectivity index (χ1) is 19.8. The van der Waals surface area contributed by atoms with Crippen LogP contribution >= 0.6 is 0 Å². The Bertz CT molecular complexity index is 1680. The summed E-state index contributed by atoms with van der Waals surface area (Å²) < 4.78 is 46.1. The third kappa shape index (κ3) is 4.42. The van der Waals surface area contributed by atoms with Crippen LogP contribution in [-0.2, 0) is 0 Å². The summed E-state index contributed by atoms with van der Waals surface area (Å²) >= 11 is 0. The van der Waals surface area contributed by atoms with Crippen molar-refractivity contribution in [2.45, 2.75) is 12.2 Å². The van der Waals surface area contributed by atoms with E-state index < -0.39 is 24.2 Å². The number of rotatable bonds is 8. The van der Waals surface area contributed by atoms with Crippen molar-refractivity contribution >= 4 is 11.0 Å². The molecule has 0 saturated carbocycles. The molecule has 0 amide bonds. The normalized spacial score (nSPS) is 15.9. The lowest BCUT2D eigenvalue weighted by molar-refractivity contribution is -0.0130. The van der Waals surface area contributed by atoms with Crippen LogP contribution in [0.3, 0.4) is 0 Å². The summed E-state index contributed by atoms with van der Waals surface area (Å²) in [4.78, 5) is 13.8. The summed E-state index contributed by atoms with van der Waals surface area (Å²) in [6.45, 7) is -0.463. The third-order valence-corrected chi connectivity index (χ3v) is 6.74. The minimum Gasteiger partial charge on any atom is -0.508 e. The van der Waals surface area contributed by atoms with Crippen LogP contribution in [0.15, 0.2) is 45.6 Å². The highest BCUT2D eigenvalue weighted by Crippen LogP contribution is 2.51. The lowest BCUT2D eigenvalue weighted by Crippen LogP contribution is -2.36. The average molecular weight is 569 g/mol. The molecular formula is C29H28O12. The summed E-state index contributed by atoms with van der Waals surface area (Å²) in [5, 5.41) is 30.7. The molecule has 3 aromatic carbocycles. The lowest BCUT2D eigenvalue weighted by Gasteiger charge is -2.34. The molecule has 2 heterocycles. The second kappa shape index (κ2) is 10.9. The van der Waals surface area contributed by atoms with E-state index in [4.69, 9.17) is 37.6 Å². The number of benzene rings is 3. The highest BCUT2D eigenvalue weighted by molar-refractivity contribution is 5.94. The molecule has 216 valence electrons. The van der Waals surface area contributed by atoms with E-state index in [0.29, 0.717) is 11.3 Å². The molecule has 0 unspecified atom stereocenters. The summed E-state index contributed by atoms with van der Waals surface area (Å²) in [5.74, 6) is 0.341. The standard InChI is InChI=1S/C29H28O12/c1-34-17-9-6-13(31)10-15(17)25-29(38-5)22(33)21-18(35-2)11-19-27(28(21)41-25)40-23(20(12-30)39-19)14-7-8-16(32)26(37-4)24(14)36-3/h6-11,20,23,30-32H,12H2,1-5H3/t20-,23-/m0/s1. The van der Waals surface area contributed by atoms with Crippen LogP contribution in [0, 0.1) is 0 Å². The van der Waals surface area contributed by atoms with E-state index in [1.165, 1.54) is 65.9 Å². The monoisotopic (exact) mass is 568 g/mol. The number of hydrogen-bond donors (Lipinski definition) is 3. The third-order valence-electron chi connectivity index (χ3n) is 6.74. The van der Waals surface area contributed by atoms with Gasteiger partial charge in [0.2, 0.25) is 22.7 Å². The molecule has 2 atom stereocenters. The van der Waals surface area contributed by atoms with Gasteiger partial charge in [-0.3, -0.25) is 4.79 Å². The quantitative estimate of drug-likeness (QED) is 0.283. The van der Waals surface area contributed by atoms with E-state index in [9.17, 15) is 20.1 Å². The Morgan fingerprint density at radius 3 is 2.15 bits per heavy atom. The molecule has 3 N–H and O–H groups in total. The molecule has 0 fully saturated rings. The number of hydrogen-bond acceptors (Lipinski definition) is 12. The highest BCUT2D eigenvalue weighted by Gasteiger charge is 2.39. The van der Waals surface area contributed by atoms with Gasteiger partial charge in [0, 0.05) is 11.6 Å². The summed E-state index contributed by atoms with van der Waals surface area (Å²) in [6.07, 6.45) is -1.94.